The maximum atomic E-state index is 12.5. The summed E-state index contributed by atoms with van der Waals surface area (Å²) in [5.74, 6) is 0.131. The fraction of sp³-hybridized carbons (Fsp3) is 0.412. The minimum absolute atomic E-state index is 0.0113. The highest BCUT2D eigenvalue weighted by Gasteiger charge is 2.34. The molecule has 1 amide bonds. The van der Waals surface area contributed by atoms with Crippen molar-refractivity contribution in [3.05, 3.63) is 53.3 Å². The maximum Gasteiger partial charge on any atom is 0.225 e. The summed E-state index contributed by atoms with van der Waals surface area (Å²) in [6.07, 6.45) is 3.81. The number of carbonyl (C=O) groups is 1. The number of aromatic nitrogens is 2. The van der Waals surface area contributed by atoms with Gasteiger partial charge in [-0.15, -0.1) is 0 Å². The zero-order valence-electron chi connectivity index (χ0n) is 13.2. The van der Waals surface area contributed by atoms with Gasteiger partial charge < -0.3 is 15.7 Å². The Balaban J connectivity index is 1.63. The van der Waals surface area contributed by atoms with E-state index in [1.807, 2.05) is 43.7 Å². The van der Waals surface area contributed by atoms with E-state index in [4.69, 9.17) is 0 Å². The Morgan fingerprint density at radius 1 is 1.43 bits per heavy atom. The Labute approximate surface area is 135 Å². The predicted molar refractivity (Wildman–Crippen MR) is 86.5 cm³/mol. The molecule has 2 heterocycles. The Morgan fingerprint density at radius 3 is 3.00 bits per heavy atom. The van der Waals surface area contributed by atoms with Crippen LogP contribution in [0.5, 0.6) is 0 Å². The third-order valence-corrected chi connectivity index (χ3v) is 4.34. The Hall–Kier alpha value is -2.18. The van der Waals surface area contributed by atoms with Crippen LogP contribution in [0.3, 0.4) is 0 Å². The molecule has 0 bridgehead atoms. The summed E-state index contributed by atoms with van der Waals surface area (Å²) in [4.78, 5) is 12.5. The third-order valence-electron chi connectivity index (χ3n) is 4.34. The van der Waals surface area contributed by atoms with Crippen molar-refractivity contribution in [2.45, 2.75) is 19.1 Å². The van der Waals surface area contributed by atoms with Crippen LogP contribution >= 0.6 is 0 Å². The molecule has 1 saturated heterocycles. The summed E-state index contributed by atoms with van der Waals surface area (Å²) in [5.41, 5.74) is 2.95. The molecule has 0 spiro atoms. The van der Waals surface area contributed by atoms with E-state index < -0.39 is 0 Å². The van der Waals surface area contributed by atoms with E-state index in [2.05, 4.69) is 15.7 Å². The lowest BCUT2D eigenvalue weighted by molar-refractivity contribution is -0.125. The number of aliphatic hydroxyl groups excluding tert-OH is 1. The van der Waals surface area contributed by atoms with E-state index >= 15 is 0 Å². The molecular weight excluding hydrogens is 292 g/mol. The van der Waals surface area contributed by atoms with Crippen molar-refractivity contribution in [3.8, 4) is 0 Å². The van der Waals surface area contributed by atoms with Gasteiger partial charge in [-0.25, -0.2) is 0 Å². The molecule has 0 unspecified atom stereocenters. The topological polar surface area (TPSA) is 79.2 Å². The second-order valence-electron chi connectivity index (χ2n) is 6.01. The monoisotopic (exact) mass is 314 g/mol. The molecule has 2 atom stereocenters. The van der Waals surface area contributed by atoms with E-state index in [0.717, 1.165) is 23.2 Å². The summed E-state index contributed by atoms with van der Waals surface area (Å²) in [6, 6.07) is 7.62. The van der Waals surface area contributed by atoms with Crippen molar-refractivity contribution in [1.29, 1.82) is 0 Å². The van der Waals surface area contributed by atoms with Gasteiger partial charge >= 0.3 is 0 Å². The van der Waals surface area contributed by atoms with Gasteiger partial charge in [0, 0.05) is 38.8 Å². The number of carbonyl (C=O) groups excluding carboxylic acids is 1. The molecule has 1 aliphatic rings. The average Bonchev–Trinajstić information content (AvgIpc) is 3.21. The Morgan fingerprint density at radius 2 is 2.26 bits per heavy atom. The first kappa shape index (κ1) is 15.7. The number of amides is 1. The highest BCUT2D eigenvalue weighted by molar-refractivity contribution is 5.80. The van der Waals surface area contributed by atoms with E-state index in [1.165, 1.54) is 0 Å². The SMILES string of the molecule is Cn1cc([C@H]2CNC[C@@H]2C(=O)NCc2cccc(CO)c2)cn1. The van der Waals surface area contributed by atoms with E-state index in [-0.39, 0.29) is 24.3 Å². The number of aliphatic hydroxyl groups is 1. The van der Waals surface area contributed by atoms with Crippen molar-refractivity contribution < 1.29 is 9.90 Å². The summed E-state index contributed by atoms with van der Waals surface area (Å²) in [7, 11) is 1.88. The fourth-order valence-electron chi connectivity index (χ4n) is 3.09. The lowest BCUT2D eigenvalue weighted by Crippen LogP contribution is -2.33. The number of aryl methyl sites for hydroxylation is 1. The first-order valence-corrected chi connectivity index (χ1v) is 7.83. The first-order chi connectivity index (χ1) is 11.2. The highest BCUT2D eigenvalue weighted by Crippen LogP contribution is 2.27. The van der Waals surface area contributed by atoms with Crippen molar-refractivity contribution in [1.82, 2.24) is 20.4 Å². The highest BCUT2D eigenvalue weighted by atomic mass is 16.3. The molecule has 0 saturated carbocycles. The molecule has 0 aliphatic carbocycles. The van der Waals surface area contributed by atoms with Crippen LogP contribution in [0.4, 0.5) is 0 Å². The molecule has 1 aliphatic heterocycles. The molecule has 1 fully saturated rings. The molecular formula is C17H22N4O2. The molecule has 3 N–H and O–H groups in total. The van der Waals surface area contributed by atoms with E-state index in [0.29, 0.717) is 13.1 Å². The lowest BCUT2D eigenvalue weighted by Gasteiger charge is -2.17. The molecule has 0 radical (unpaired) electrons. The van der Waals surface area contributed by atoms with Gasteiger partial charge in [0.2, 0.25) is 5.91 Å². The van der Waals surface area contributed by atoms with Gasteiger partial charge in [0.25, 0.3) is 0 Å². The van der Waals surface area contributed by atoms with Crippen molar-refractivity contribution >= 4 is 5.91 Å². The Kier molecular flexibility index (Phi) is 4.73. The number of nitrogens with zero attached hydrogens (tertiary/aromatic N) is 2. The fourth-order valence-corrected chi connectivity index (χ4v) is 3.09. The lowest BCUT2D eigenvalue weighted by atomic mass is 9.90. The van der Waals surface area contributed by atoms with Crippen LogP contribution in [0.15, 0.2) is 36.7 Å². The maximum absolute atomic E-state index is 12.5. The number of hydrogen-bond donors (Lipinski definition) is 3. The first-order valence-electron chi connectivity index (χ1n) is 7.83. The molecule has 1 aromatic heterocycles. The van der Waals surface area contributed by atoms with Crippen LogP contribution in [0, 0.1) is 5.92 Å². The van der Waals surface area contributed by atoms with Gasteiger partial charge in [0.1, 0.15) is 0 Å². The largest absolute Gasteiger partial charge is 0.392 e. The minimum atomic E-state index is -0.0831. The van der Waals surface area contributed by atoms with Crippen molar-refractivity contribution in [3.63, 3.8) is 0 Å². The minimum Gasteiger partial charge on any atom is -0.392 e. The molecule has 3 rings (SSSR count). The average molecular weight is 314 g/mol. The summed E-state index contributed by atoms with van der Waals surface area (Å²) >= 11 is 0. The molecule has 122 valence electrons. The molecule has 6 nitrogen and oxygen atoms in total. The third kappa shape index (κ3) is 3.60. The van der Waals surface area contributed by atoms with Crippen LogP contribution < -0.4 is 10.6 Å². The van der Waals surface area contributed by atoms with Gasteiger partial charge in [-0.2, -0.15) is 5.10 Å². The van der Waals surface area contributed by atoms with Crippen LogP contribution in [-0.2, 0) is 25.0 Å². The standard InChI is InChI=1S/C17H22N4O2/c1-21-10-14(7-20-21)15-8-18-9-16(15)17(23)19-6-12-3-2-4-13(5-12)11-22/h2-5,7,10,15-16,18,22H,6,8-9,11H2,1H3,(H,19,23)/t15-,16+/m1/s1. The van der Waals surface area contributed by atoms with Gasteiger partial charge in [0.05, 0.1) is 18.7 Å². The summed E-state index contributed by atoms with van der Waals surface area (Å²) in [5, 5.41) is 19.7. The predicted octanol–water partition coefficient (Wildman–Crippen LogP) is 0.532. The van der Waals surface area contributed by atoms with Crippen LogP contribution in [0.25, 0.3) is 0 Å². The van der Waals surface area contributed by atoms with Crippen LogP contribution in [0.2, 0.25) is 0 Å². The van der Waals surface area contributed by atoms with Crippen LogP contribution in [0.1, 0.15) is 22.6 Å². The number of hydrogen-bond acceptors (Lipinski definition) is 4. The van der Waals surface area contributed by atoms with Crippen molar-refractivity contribution in [2.75, 3.05) is 13.1 Å². The van der Waals surface area contributed by atoms with E-state index in [1.54, 1.807) is 4.68 Å². The van der Waals surface area contributed by atoms with E-state index in [9.17, 15) is 9.90 Å². The van der Waals surface area contributed by atoms with Gasteiger partial charge in [-0.1, -0.05) is 24.3 Å². The number of rotatable bonds is 5. The Bertz CT molecular complexity index is 683. The zero-order chi connectivity index (χ0) is 16.2. The summed E-state index contributed by atoms with van der Waals surface area (Å²) < 4.78 is 1.77. The van der Waals surface area contributed by atoms with Crippen molar-refractivity contribution in [2.24, 2.45) is 13.0 Å². The van der Waals surface area contributed by atoms with Gasteiger partial charge in [-0.3, -0.25) is 9.48 Å². The molecule has 6 heteroatoms. The quantitative estimate of drug-likeness (QED) is 0.752. The smallest absolute Gasteiger partial charge is 0.225 e. The molecule has 2 aromatic rings. The molecule has 1 aromatic carbocycles. The number of benzene rings is 1. The number of nitrogens with one attached hydrogen (secondary N) is 2. The normalized spacial score (nSPS) is 20.6. The van der Waals surface area contributed by atoms with Gasteiger partial charge in [-0.05, 0) is 16.7 Å². The van der Waals surface area contributed by atoms with Gasteiger partial charge in [0.15, 0.2) is 0 Å². The zero-order valence-corrected chi connectivity index (χ0v) is 13.2. The second kappa shape index (κ2) is 6.93. The second-order valence-corrected chi connectivity index (χ2v) is 6.01. The molecule has 23 heavy (non-hydrogen) atoms. The van der Waals surface area contributed by atoms with Crippen LogP contribution in [-0.4, -0.2) is 33.9 Å². The summed E-state index contributed by atoms with van der Waals surface area (Å²) in [6.45, 7) is 1.96.